The molecule has 0 aromatic heterocycles. The van der Waals surface area contributed by atoms with Crippen LogP contribution in [0.25, 0.3) is 0 Å². The first-order valence-electron chi connectivity index (χ1n) is 7.69. The van der Waals surface area contributed by atoms with Gasteiger partial charge in [0.1, 0.15) is 22.2 Å². The second-order valence-electron chi connectivity index (χ2n) is 5.45. The normalized spacial score (nSPS) is 12.3. The number of benzene rings is 2. The van der Waals surface area contributed by atoms with Crippen LogP contribution in [0, 0.1) is 5.82 Å². The number of nitrogens with one attached hydrogen (secondary N) is 2. The summed E-state index contributed by atoms with van der Waals surface area (Å²) >= 11 is 6.04. The Morgan fingerprint density at radius 2 is 1.78 bits per heavy atom. The van der Waals surface area contributed by atoms with Crippen molar-refractivity contribution in [3.63, 3.8) is 0 Å². The van der Waals surface area contributed by atoms with Crippen molar-refractivity contribution in [2.45, 2.75) is 17.9 Å². The Kier molecular flexibility index (Phi) is 6.63. The number of hydrogen-bond acceptors (Lipinski definition) is 5. The Labute approximate surface area is 161 Å². The lowest BCUT2D eigenvalue weighted by Crippen LogP contribution is -2.41. The van der Waals surface area contributed by atoms with Gasteiger partial charge < -0.3 is 14.8 Å². The molecule has 27 heavy (non-hydrogen) atoms. The summed E-state index contributed by atoms with van der Waals surface area (Å²) in [5.41, 5.74) is 0.227. The number of sulfonamides is 1. The molecule has 146 valence electrons. The van der Waals surface area contributed by atoms with Gasteiger partial charge in [-0.15, -0.1) is 0 Å². The van der Waals surface area contributed by atoms with E-state index in [0.29, 0.717) is 5.75 Å². The number of carbonyl (C=O) groups excluding carboxylic acids is 1. The molecule has 0 spiro atoms. The van der Waals surface area contributed by atoms with Crippen molar-refractivity contribution >= 4 is 33.2 Å². The Bertz CT molecular complexity index is 952. The number of methoxy groups -OCH3 is 2. The van der Waals surface area contributed by atoms with E-state index in [1.54, 1.807) is 0 Å². The number of carbonyl (C=O) groups is 1. The molecule has 0 radical (unpaired) electrons. The molecule has 10 heteroatoms. The van der Waals surface area contributed by atoms with Gasteiger partial charge in [-0.25, -0.2) is 12.8 Å². The van der Waals surface area contributed by atoms with Gasteiger partial charge in [0.25, 0.3) is 0 Å². The first-order chi connectivity index (χ1) is 12.7. The highest BCUT2D eigenvalue weighted by Crippen LogP contribution is 2.35. The fraction of sp³-hybridized carbons (Fsp3) is 0.235. The summed E-state index contributed by atoms with van der Waals surface area (Å²) in [5.74, 6) is -0.982. The lowest BCUT2D eigenvalue weighted by molar-refractivity contribution is -0.117. The number of ether oxygens (including phenoxy) is 2. The van der Waals surface area contributed by atoms with Crippen molar-refractivity contribution in [1.29, 1.82) is 0 Å². The Morgan fingerprint density at radius 3 is 2.37 bits per heavy atom. The van der Waals surface area contributed by atoms with Crippen molar-refractivity contribution in [2.24, 2.45) is 0 Å². The van der Waals surface area contributed by atoms with Gasteiger partial charge in [0.05, 0.1) is 31.0 Å². The minimum absolute atomic E-state index is 0.227. The third kappa shape index (κ3) is 4.88. The number of hydrogen-bond donors (Lipinski definition) is 2. The molecule has 1 unspecified atom stereocenters. The maximum Gasteiger partial charge on any atom is 0.244 e. The molecule has 0 aliphatic heterocycles. The maximum atomic E-state index is 13.7. The van der Waals surface area contributed by atoms with E-state index < -0.39 is 32.7 Å². The molecule has 0 heterocycles. The zero-order valence-corrected chi connectivity index (χ0v) is 16.3. The van der Waals surface area contributed by atoms with Gasteiger partial charge in [0.15, 0.2) is 0 Å². The minimum Gasteiger partial charge on any atom is -0.495 e. The molecule has 7 nitrogen and oxygen atoms in total. The third-order valence-corrected chi connectivity index (χ3v) is 5.45. The van der Waals surface area contributed by atoms with Crippen LogP contribution >= 0.6 is 11.6 Å². The highest BCUT2D eigenvalue weighted by Gasteiger charge is 2.25. The summed E-state index contributed by atoms with van der Waals surface area (Å²) in [4.78, 5) is 11.8. The van der Waals surface area contributed by atoms with Crippen molar-refractivity contribution in [1.82, 2.24) is 4.72 Å². The zero-order chi connectivity index (χ0) is 20.2. The maximum absolute atomic E-state index is 13.7. The number of amides is 1. The summed E-state index contributed by atoms with van der Waals surface area (Å²) in [6.07, 6.45) is 0. The van der Waals surface area contributed by atoms with Gasteiger partial charge in [0.2, 0.25) is 15.9 Å². The summed E-state index contributed by atoms with van der Waals surface area (Å²) in [5, 5.41) is 2.75. The monoisotopic (exact) mass is 416 g/mol. The molecular weight excluding hydrogens is 399 g/mol. The van der Waals surface area contributed by atoms with E-state index in [4.69, 9.17) is 21.1 Å². The zero-order valence-electron chi connectivity index (χ0n) is 14.7. The van der Waals surface area contributed by atoms with Crippen LogP contribution in [0.4, 0.5) is 10.1 Å². The average Bonchev–Trinajstić information content (AvgIpc) is 2.61. The van der Waals surface area contributed by atoms with Gasteiger partial charge in [-0.1, -0.05) is 23.7 Å². The van der Waals surface area contributed by atoms with Crippen LogP contribution in [-0.2, 0) is 14.8 Å². The Hall–Kier alpha value is -2.36. The fourth-order valence-corrected chi connectivity index (χ4v) is 3.73. The molecule has 2 N–H and O–H groups in total. The Balaban J connectivity index is 2.19. The first kappa shape index (κ1) is 20.9. The molecular formula is C17H18ClFN2O5S. The molecule has 0 bridgehead atoms. The van der Waals surface area contributed by atoms with E-state index in [1.807, 2.05) is 0 Å². The molecule has 0 fully saturated rings. The van der Waals surface area contributed by atoms with Crippen molar-refractivity contribution in [2.75, 3.05) is 19.5 Å². The molecule has 1 amide bonds. The molecule has 0 aliphatic carbocycles. The summed E-state index contributed by atoms with van der Waals surface area (Å²) in [6, 6.07) is 6.57. The van der Waals surface area contributed by atoms with E-state index in [1.165, 1.54) is 45.4 Å². The number of anilines is 1. The van der Waals surface area contributed by atoms with Gasteiger partial charge >= 0.3 is 0 Å². The largest absolute Gasteiger partial charge is 0.495 e. The lowest BCUT2D eigenvalue weighted by atomic mass is 10.2. The molecule has 2 aromatic carbocycles. The quantitative estimate of drug-likeness (QED) is 0.723. The van der Waals surface area contributed by atoms with Crippen molar-refractivity contribution < 1.29 is 27.1 Å². The van der Waals surface area contributed by atoms with Crippen LogP contribution in [0.15, 0.2) is 41.3 Å². The van der Waals surface area contributed by atoms with Crippen molar-refractivity contribution in [3.05, 3.63) is 47.2 Å². The van der Waals surface area contributed by atoms with Crippen LogP contribution < -0.4 is 19.5 Å². The van der Waals surface area contributed by atoms with Crippen LogP contribution in [0.1, 0.15) is 6.92 Å². The number of halogens is 2. The van der Waals surface area contributed by atoms with Crippen LogP contribution in [-0.4, -0.2) is 34.6 Å². The van der Waals surface area contributed by atoms with Gasteiger partial charge in [-0.05, 0) is 25.1 Å². The third-order valence-electron chi connectivity index (χ3n) is 3.58. The summed E-state index contributed by atoms with van der Waals surface area (Å²) in [7, 11) is -1.40. The van der Waals surface area contributed by atoms with E-state index in [-0.39, 0.29) is 16.5 Å². The topological polar surface area (TPSA) is 93.7 Å². The molecule has 0 saturated heterocycles. The second-order valence-corrected chi connectivity index (χ2v) is 7.54. The standard InChI is InChI=1S/C17H18ClFN2O5S/c1-10(21-27(23,24)16-7-5-4-6-12(16)19)17(22)20-13-8-11(18)14(25-2)9-15(13)26-3/h4-10,21H,1-3H3,(H,20,22). The average molecular weight is 417 g/mol. The van der Waals surface area contributed by atoms with E-state index in [2.05, 4.69) is 10.0 Å². The Morgan fingerprint density at radius 1 is 1.15 bits per heavy atom. The summed E-state index contributed by atoms with van der Waals surface area (Å²) < 4.78 is 50.7. The highest BCUT2D eigenvalue weighted by molar-refractivity contribution is 7.89. The molecule has 1 atom stereocenters. The van der Waals surface area contributed by atoms with Crippen LogP contribution in [0.5, 0.6) is 11.5 Å². The fourth-order valence-electron chi connectivity index (χ4n) is 2.21. The summed E-state index contributed by atoms with van der Waals surface area (Å²) in [6.45, 7) is 1.32. The van der Waals surface area contributed by atoms with E-state index in [0.717, 1.165) is 12.1 Å². The van der Waals surface area contributed by atoms with Gasteiger partial charge in [-0.3, -0.25) is 4.79 Å². The van der Waals surface area contributed by atoms with E-state index in [9.17, 15) is 17.6 Å². The second kappa shape index (κ2) is 8.55. The molecule has 0 aliphatic rings. The first-order valence-corrected chi connectivity index (χ1v) is 9.55. The predicted octanol–water partition coefficient (Wildman–Crippen LogP) is 2.80. The van der Waals surface area contributed by atoms with Crippen LogP contribution in [0.2, 0.25) is 5.02 Å². The lowest BCUT2D eigenvalue weighted by Gasteiger charge is -2.17. The molecule has 2 aromatic rings. The number of rotatable bonds is 7. The van der Waals surface area contributed by atoms with E-state index >= 15 is 0 Å². The smallest absolute Gasteiger partial charge is 0.244 e. The van der Waals surface area contributed by atoms with Gasteiger partial charge in [-0.2, -0.15) is 4.72 Å². The SMILES string of the molecule is COc1cc(OC)c(NC(=O)C(C)NS(=O)(=O)c2ccccc2F)cc1Cl. The highest BCUT2D eigenvalue weighted by atomic mass is 35.5. The van der Waals surface area contributed by atoms with Crippen LogP contribution in [0.3, 0.4) is 0 Å². The minimum atomic E-state index is -4.23. The predicted molar refractivity (Wildman–Crippen MR) is 99.4 cm³/mol. The molecule has 2 rings (SSSR count). The molecule has 0 saturated carbocycles. The van der Waals surface area contributed by atoms with Gasteiger partial charge in [0, 0.05) is 6.07 Å². The van der Waals surface area contributed by atoms with Crippen molar-refractivity contribution in [3.8, 4) is 11.5 Å².